The largest absolute Gasteiger partial charge is 0.481 e. The minimum atomic E-state index is -0.984. The van der Waals surface area contributed by atoms with Crippen LogP contribution in [0.15, 0.2) is 0 Å². The molecule has 0 rings (SSSR count). The van der Waals surface area contributed by atoms with Crippen LogP contribution in [-0.4, -0.2) is 56.6 Å². The summed E-state index contributed by atoms with van der Waals surface area (Å²) in [6.07, 6.45) is 0.476. The van der Waals surface area contributed by atoms with Gasteiger partial charge in [-0.3, -0.25) is 9.59 Å². The van der Waals surface area contributed by atoms with Gasteiger partial charge in [0.2, 0.25) is 5.91 Å². The third-order valence-corrected chi connectivity index (χ3v) is 1.95. The highest BCUT2D eigenvalue weighted by Gasteiger charge is 2.03. The Morgan fingerprint density at radius 3 is 2.33 bits per heavy atom. The molecule has 0 aromatic rings. The molecule has 7 heteroatoms. The summed E-state index contributed by atoms with van der Waals surface area (Å²) >= 11 is 0. The molecule has 0 saturated heterocycles. The third-order valence-electron chi connectivity index (χ3n) is 1.95. The summed E-state index contributed by atoms with van der Waals surface area (Å²) in [5, 5.41) is 10.9. The number of hydrogen-bond acceptors (Lipinski definition) is 4. The van der Waals surface area contributed by atoms with E-state index >= 15 is 0 Å². The molecule has 6 nitrogen and oxygen atoms in total. The summed E-state index contributed by atoms with van der Waals surface area (Å²) < 4.78 is 21.6. The van der Waals surface area contributed by atoms with Crippen LogP contribution in [-0.2, 0) is 19.1 Å². The maximum Gasteiger partial charge on any atom is 0.303 e. The van der Waals surface area contributed by atoms with Gasteiger partial charge in [0.15, 0.2) is 0 Å². The van der Waals surface area contributed by atoms with E-state index in [1.54, 1.807) is 0 Å². The van der Waals surface area contributed by atoms with Crippen LogP contribution >= 0.6 is 0 Å². The Balaban J connectivity index is 3.15. The molecule has 0 aromatic heterocycles. The van der Waals surface area contributed by atoms with E-state index in [-0.39, 0.29) is 25.4 Å². The lowest BCUT2D eigenvalue weighted by molar-refractivity contribution is -0.138. The monoisotopic (exact) mass is 265 g/mol. The number of nitrogens with one attached hydrogen (secondary N) is 1. The smallest absolute Gasteiger partial charge is 0.303 e. The highest BCUT2D eigenvalue weighted by atomic mass is 19.1. The lowest BCUT2D eigenvalue weighted by atomic mass is 10.3. The van der Waals surface area contributed by atoms with E-state index in [9.17, 15) is 14.0 Å². The second-order valence-electron chi connectivity index (χ2n) is 3.51. The molecular weight excluding hydrogens is 245 g/mol. The second kappa shape index (κ2) is 12.3. The molecule has 0 aliphatic carbocycles. The number of hydrogen-bond donors (Lipinski definition) is 2. The molecule has 0 unspecified atom stereocenters. The molecule has 0 aromatic carbocycles. The average molecular weight is 265 g/mol. The van der Waals surface area contributed by atoms with Crippen molar-refractivity contribution in [2.45, 2.75) is 19.3 Å². The Hall–Kier alpha value is -1.21. The summed E-state index contributed by atoms with van der Waals surface area (Å²) in [4.78, 5) is 21.3. The fourth-order valence-electron chi connectivity index (χ4n) is 1.09. The van der Waals surface area contributed by atoms with Crippen molar-refractivity contribution < 1.29 is 28.6 Å². The Kier molecular flexibility index (Phi) is 11.4. The molecule has 0 bridgehead atoms. The first kappa shape index (κ1) is 16.8. The molecule has 18 heavy (non-hydrogen) atoms. The van der Waals surface area contributed by atoms with Crippen LogP contribution in [0.5, 0.6) is 0 Å². The highest BCUT2D eigenvalue weighted by molar-refractivity contribution is 5.80. The molecule has 0 heterocycles. The number of ether oxygens (including phenoxy) is 2. The van der Waals surface area contributed by atoms with Gasteiger partial charge in [-0.1, -0.05) is 0 Å². The molecule has 1 amide bonds. The zero-order valence-corrected chi connectivity index (χ0v) is 10.3. The summed E-state index contributed by atoms with van der Waals surface area (Å²) in [7, 11) is 0. The zero-order chi connectivity index (χ0) is 13.6. The van der Waals surface area contributed by atoms with Gasteiger partial charge in [-0.05, 0) is 6.42 Å². The van der Waals surface area contributed by atoms with Crippen molar-refractivity contribution in [2.75, 3.05) is 39.6 Å². The van der Waals surface area contributed by atoms with Gasteiger partial charge in [0.1, 0.15) is 6.67 Å². The van der Waals surface area contributed by atoms with Crippen LogP contribution in [0.2, 0.25) is 0 Å². The van der Waals surface area contributed by atoms with Crippen molar-refractivity contribution in [3.05, 3.63) is 0 Å². The molecule has 0 fully saturated rings. The van der Waals surface area contributed by atoms with Crippen molar-refractivity contribution in [1.82, 2.24) is 5.32 Å². The Bertz CT molecular complexity index is 237. The first-order valence-corrected chi connectivity index (χ1v) is 5.86. The molecule has 0 atom stereocenters. The number of amides is 1. The number of carbonyl (C=O) groups is 2. The van der Waals surface area contributed by atoms with E-state index in [1.807, 2.05) is 0 Å². The molecule has 0 aliphatic rings. The number of halogens is 1. The van der Waals surface area contributed by atoms with Crippen LogP contribution in [0, 0.1) is 0 Å². The Morgan fingerprint density at radius 1 is 1.06 bits per heavy atom. The maximum atomic E-state index is 11.6. The van der Waals surface area contributed by atoms with Gasteiger partial charge in [0, 0.05) is 19.6 Å². The fraction of sp³-hybridized carbons (Fsp3) is 0.818. The standard InChI is InChI=1S/C11H20FNO5/c12-4-7-18-9-8-17-6-1-5-13-10(14)2-3-11(15)16/h1-9H2,(H,13,14)(H,15,16). The van der Waals surface area contributed by atoms with E-state index in [4.69, 9.17) is 14.6 Å². The quantitative estimate of drug-likeness (QED) is 0.498. The van der Waals surface area contributed by atoms with Gasteiger partial charge in [-0.2, -0.15) is 0 Å². The summed E-state index contributed by atoms with van der Waals surface area (Å²) in [6.45, 7) is 1.26. The van der Waals surface area contributed by atoms with Crippen LogP contribution < -0.4 is 5.32 Å². The van der Waals surface area contributed by atoms with Gasteiger partial charge in [-0.25, -0.2) is 4.39 Å². The number of rotatable bonds is 12. The number of carboxylic acid groups (broad SMARTS) is 1. The molecule has 0 aliphatic heterocycles. The second-order valence-corrected chi connectivity index (χ2v) is 3.51. The Morgan fingerprint density at radius 2 is 1.72 bits per heavy atom. The highest BCUT2D eigenvalue weighted by Crippen LogP contribution is 1.89. The SMILES string of the molecule is O=C(O)CCC(=O)NCCCOCCOCCF. The third kappa shape index (κ3) is 12.9. The predicted octanol–water partition coefficient (Wildman–Crippen LogP) is 0.360. The molecule has 2 N–H and O–H groups in total. The molecule has 0 radical (unpaired) electrons. The van der Waals surface area contributed by atoms with Gasteiger partial charge < -0.3 is 19.9 Å². The molecule has 106 valence electrons. The fourth-order valence-corrected chi connectivity index (χ4v) is 1.09. The van der Waals surface area contributed by atoms with Crippen molar-refractivity contribution >= 4 is 11.9 Å². The normalized spacial score (nSPS) is 10.3. The minimum absolute atomic E-state index is 0.00669. The van der Waals surface area contributed by atoms with E-state index in [0.29, 0.717) is 32.8 Å². The topological polar surface area (TPSA) is 84.9 Å². The molecular formula is C11H20FNO5. The minimum Gasteiger partial charge on any atom is -0.481 e. The zero-order valence-electron chi connectivity index (χ0n) is 10.3. The van der Waals surface area contributed by atoms with Crippen molar-refractivity contribution in [2.24, 2.45) is 0 Å². The van der Waals surface area contributed by atoms with Crippen LogP contribution in [0.3, 0.4) is 0 Å². The number of carbonyl (C=O) groups excluding carboxylic acids is 1. The summed E-state index contributed by atoms with van der Waals surface area (Å²) in [6, 6.07) is 0. The number of aliphatic carboxylic acids is 1. The van der Waals surface area contributed by atoms with Crippen LogP contribution in [0.25, 0.3) is 0 Å². The first-order valence-electron chi connectivity index (χ1n) is 5.86. The summed E-state index contributed by atoms with van der Waals surface area (Å²) in [5.41, 5.74) is 0. The van der Waals surface area contributed by atoms with Gasteiger partial charge in [0.25, 0.3) is 0 Å². The van der Waals surface area contributed by atoms with Crippen molar-refractivity contribution in [3.8, 4) is 0 Å². The predicted molar refractivity (Wildman–Crippen MR) is 62.1 cm³/mol. The van der Waals surface area contributed by atoms with E-state index in [0.717, 1.165) is 0 Å². The van der Waals surface area contributed by atoms with Crippen LogP contribution in [0.1, 0.15) is 19.3 Å². The first-order chi connectivity index (χ1) is 8.66. The van der Waals surface area contributed by atoms with Gasteiger partial charge in [-0.15, -0.1) is 0 Å². The number of alkyl halides is 1. The van der Waals surface area contributed by atoms with E-state index < -0.39 is 12.6 Å². The van der Waals surface area contributed by atoms with E-state index in [2.05, 4.69) is 5.32 Å². The lowest BCUT2D eigenvalue weighted by Gasteiger charge is -2.06. The average Bonchev–Trinajstić information content (AvgIpc) is 2.34. The van der Waals surface area contributed by atoms with Crippen molar-refractivity contribution in [3.63, 3.8) is 0 Å². The number of carboxylic acids is 1. The molecule has 0 saturated carbocycles. The molecule has 0 spiro atoms. The van der Waals surface area contributed by atoms with Gasteiger partial charge >= 0.3 is 5.97 Å². The Labute approximate surface area is 105 Å². The lowest BCUT2D eigenvalue weighted by Crippen LogP contribution is -2.25. The van der Waals surface area contributed by atoms with Gasteiger partial charge in [0.05, 0.1) is 26.2 Å². The summed E-state index contributed by atoms with van der Waals surface area (Å²) in [5.74, 6) is -1.26. The van der Waals surface area contributed by atoms with Crippen molar-refractivity contribution in [1.29, 1.82) is 0 Å². The maximum absolute atomic E-state index is 11.6. The van der Waals surface area contributed by atoms with E-state index in [1.165, 1.54) is 0 Å². The van der Waals surface area contributed by atoms with Crippen LogP contribution in [0.4, 0.5) is 4.39 Å².